The molecule has 1 amide bonds. The summed E-state index contributed by atoms with van der Waals surface area (Å²) >= 11 is 0. The summed E-state index contributed by atoms with van der Waals surface area (Å²) in [5.74, 6) is 0.243. The Morgan fingerprint density at radius 3 is 2.48 bits per heavy atom. The van der Waals surface area contributed by atoms with Crippen LogP contribution in [-0.4, -0.2) is 25.0 Å². The molecule has 0 unspecified atom stereocenters. The summed E-state index contributed by atoms with van der Waals surface area (Å²) < 4.78 is 18.2. The molecule has 2 rings (SSSR count). The Kier molecular flexibility index (Phi) is 4.58. The molecule has 0 atom stereocenters. The van der Waals surface area contributed by atoms with E-state index in [9.17, 15) is 9.18 Å². The van der Waals surface area contributed by atoms with Gasteiger partial charge in [0.05, 0.1) is 7.11 Å². The molecule has 2 aromatic carbocycles. The van der Waals surface area contributed by atoms with Crippen LogP contribution >= 0.6 is 0 Å². The average Bonchev–Trinajstić information content (AvgIpc) is 2.47. The van der Waals surface area contributed by atoms with Crippen LogP contribution < -0.4 is 4.74 Å². The second kappa shape index (κ2) is 6.39. The number of methoxy groups -OCH3 is 1. The van der Waals surface area contributed by atoms with Crippen molar-refractivity contribution in [2.24, 2.45) is 0 Å². The van der Waals surface area contributed by atoms with E-state index in [0.29, 0.717) is 12.1 Å². The molecule has 0 aliphatic carbocycles. The number of nitrogens with zero attached hydrogens (tertiary/aromatic N) is 1. The first kappa shape index (κ1) is 15.0. The molecule has 0 radical (unpaired) electrons. The van der Waals surface area contributed by atoms with Crippen LogP contribution in [0.15, 0.2) is 42.5 Å². The minimum absolute atomic E-state index is 0.154. The number of aryl methyl sites for hydroxylation is 1. The Hall–Kier alpha value is -2.36. The fourth-order valence-electron chi connectivity index (χ4n) is 2.17. The first-order chi connectivity index (χ1) is 10.0. The lowest BCUT2D eigenvalue weighted by molar-refractivity contribution is 0.0784. The van der Waals surface area contributed by atoms with Crippen molar-refractivity contribution >= 4 is 5.91 Å². The van der Waals surface area contributed by atoms with Crippen LogP contribution in [-0.2, 0) is 6.54 Å². The van der Waals surface area contributed by atoms with Crippen LogP contribution in [0.4, 0.5) is 4.39 Å². The van der Waals surface area contributed by atoms with E-state index < -0.39 is 0 Å². The third-order valence-electron chi connectivity index (χ3n) is 3.28. The summed E-state index contributed by atoms with van der Waals surface area (Å²) in [7, 11) is 3.32. The van der Waals surface area contributed by atoms with Gasteiger partial charge in [-0.1, -0.05) is 17.7 Å². The zero-order chi connectivity index (χ0) is 15.4. The van der Waals surface area contributed by atoms with Crippen molar-refractivity contribution in [2.75, 3.05) is 14.2 Å². The molecule has 3 nitrogen and oxygen atoms in total. The van der Waals surface area contributed by atoms with Crippen molar-refractivity contribution in [1.29, 1.82) is 0 Å². The average molecular weight is 287 g/mol. The van der Waals surface area contributed by atoms with Crippen molar-refractivity contribution in [3.63, 3.8) is 0 Å². The second-order valence-corrected chi connectivity index (χ2v) is 4.98. The van der Waals surface area contributed by atoms with E-state index in [-0.39, 0.29) is 11.7 Å². The lowest BCUT2D eigenvalue weighted by atomic mass is 10.1. The van der Waals surface area contributed by atoms with Gasteiger partial charge in [-0.25, -0.2) is 4.39 Å². The van der Waals surface area contributed by atoms with E-state index in [0.717, 1.165) is 16.9 Å². The summed E-state index contributed by atoms with van der Waals surface area (Å²) in [5, 5.41) is 0. The van der Waals surface area contributed by atoms with Gasteiger partial charge in [0.1, 0.15) is 11.6 Å². The third kappa shape index (κ3) is 3.60. The Morgan fingerprint density at radius 2 is 1.86 bits per heavy atom. The molecular formula is C17H18FNO2. The highest BCUT2D eigenvalue weighted by molar-refractivity contribution is 5.94. The number of carbonyl (C=O) groups is 1. The van der Waals surface area contributed by atoms with E-state index in [2.05, 4.69) is 0 Å². The number of amides is 1. The lowest BCUT2D eigenvalue weighted by Gasteiger charge is -2.19. The molecule has 21 heavy (non-hydrogen) atoms. The van der Waals surface area contributed by atoms with E-state index >= 15 is 0 Å². The van der Waals surface area contributed by atoms with Crippen molar-refractivity contribution in [3.8, 4) is 5.75 Å². The molecule has 0 fully saturated rings. The quantitative estimate of drug-likeness (QED) is 0.862. The molecule has 0 bridgehead atoms. The van der Waals surface area contributed by atoms with Crippen molar-refractivity contribution in [2.45, 2.75) is 13.5 Å². The number of carbonyl (C=O) groups excluding carboxylic acids is 1. The van der Waals surface area contributed by atoms with Gasteiger partial charge in [-0.15, -0.1) is 0 Å². The Labute approximate surface area is 124 Å². The molecule has 0 aliphatic rings. The summed E-state index contributed by atoms with van der Waals surface area (Å²) in [5.41, 5.74) is 2.51. The molecule has 0 saturated heterocycles. The minimum atomic E-state index is -0.352. The van der Waals surface area contributed by atoms with Crippen molar-refractivity contribution in [3.05, 3.63) is 65.0 Å². The van der Waals surface area contributed by atoms with Gasteiger partial charge < -0.3 is 9.64 Å². The Balaban J connectivity index is 2.17. The van der Waals surface area contributed by atoms with Gasteiger partial charge >= 0.3 is 0 Å². The molecular weight excluding hydrogens is 269 g/mol. The maximum atomic E-state index is 12.9. The van der Waals surface area contributed by atoms with Crippen LogP contribution in [0.5, 0.6) is 5.75 Å². The normalized spacial score (nSPS) is 10.3. The molecule has 4 heteroatoms. The van der Waals surface area contributed by atoms with Crippen LogP contribution in [0.1, 0.15) is 21.5 Å². The molecule has 0 N–H and O–H groups in total. The molecule has 0 aromatic heterocycles. The SMILES string of the molecule is COc1ccc(C)cc1CN(C)C(=O)c1ccc(F)cc1. The largest absolute Gasteiger partial charge is 0.496 e. The van der Waals surface area contributed by atoms with E-state index in [1.165, 1.54) is 24.3 Å². The van der Waals surface area contributed by atoms with Crippen LogP contribution in [0.25, 0.3) is 0 Å². The van der Waals surface area contributed by atoms with E-state index in [4.69, 9.17) is 4.74 Å². The zero-order valence-electron chi connectivity index (χ0n) is 12.4. The predicted octanol–water partition coefficient (Wildman–Crippen LogP) is 3.41. The van der Waals surface area contributed by atoms with E-state index in [1.54, 1.807) is 19.1 Å². The second-order valence-electron chi connectivity index (χ2n) is 4.98. The summed E-state index contributed by atoms with van der Waals surface area (Å²) in [6.07, 6.45) is 0. The van der Waals surface area contributed by atoms with Crippen LogP contribution in [0.3, 0.4) is 0 Å². The molecule has 0 heterocycles. The summed E-state index contributed by atoms with van der Waals surface area (Å²) in [4.78, 5) is 13.9. The highest BCUT2D eigenvalue weighted by atomic mass is 19.1. The fourth-order valence-corrected chi connectivity index (χ4v) is 2.17. The number of rotatable bonds is 4. The smallest absolute Gasteiger partial charge is 0.253 e. The maximum Gasteiger partial charge on any atom is 0.253 e. The first-order valence-electron chi connectivity index (χ1n) is 6.66. The lowest BCUT2D eigenvalue weighted by Crippen LogP contribution is -2.26. The predicted molar refractivity (Wildman–Crippen MR) is 79.9 cm³/mol. The minimum Gasteiger partial charge on any atom is -0.496 e. The highest BCUT2D eigenvalue weighted by Gasteiger charge is 2.14. The standard InChI is InChI=1S/C17H18FNO2/c1-12-4-9-16(21-3)14(10-12)11-19(2)17(20)13-5-7-15(18)8-6-13/h4-10H,11H2,1-3H3. The molecule has 0 aliphatic heterocycles. The first-order valence-corrected chi connectivity index (χ1v) is 6.66. The van der Waals surface area contributed by atoms with Gasteiger partial charge in [0, 0.05) is 24.7 Å². The number of ether oxygens (including phenoxy) is 1. The Morgan fingerprint density at radius 1 is 1.19 bits per heavy atom. The maximum absolute atomic E-state index is 12.9. The topological polar surface area (TPSA) is 29.5 Å². The number of hydrogen-bond acceptors (Lipinski definition) is 2. The molecule has 2 aromatic rings. The molecule has 110 valence electrons. The van der Waals surface area contributed by atoms with Crippen LogP contribution in [0.2, 0.25) is 0 Å². The molecule has 0 saturated carbocycles. The van der Waals surface area contributed by atoms with Gasteiger partial charge in [0.25, 0.3) is 5.91 Å². The zero-order valence-corrected chi connectivity index (χ0v) is 12.4. The monoisotopic (exact) mass is 287 g/mol. The summed E-state index contributed by atoms with van der Waals surface area (Å²) in [6.45, 7) is 2.42. The van der Waals surface area contributed by atoms with Gasteiger partial charge in [-0.05, 0) is 37.3 Å². The summed E-state index contributed by atoms with van der Waals surface area (Å²) in [6, 6.07) is 11.4. The van der Waals surface area contributed by atoms with Gasteiger partial charge in [0.2, 0.25) is 0 Å². The van der Waals surface area contributed by atoms with E-state index in [1.807, 2.05) is 25.1 Å². The van der Waals surface area contributed by atoms with Crippen molar-refractivity contribution < 1.29 is 13.9 Å². The number of hydrogen-bond donors (Lipinski definition) is 0. The molecule has 0 spiro atoms. The van der Waals surface area contributed by atoms with Crippen molar-refractivity contribution in [1.82, 2.24) is 4.90 Å². The number of halogens is 1. The van der Waals surface area contributed by atoms with Gasteiger partial charge in [-0.2, -0.15) is 0 Å². The van der Waals surface area contributed by atoms with Crippen LogP contribution in [0, 0.1) is 12.7 Å². The highest BCUT2D eigenvalue weighted by Crippen LogP contribution is 2.21. The fraction of sp³-hybridized carbons (Fsp3) is 0.235. The van der Waals surface area contributed by atoms with Gasteiger partial charge in [0.15, 0.2) is 0 Å². The van der Waals surface area contributed by atoms with Gasteiger partial charge in [-0.3, -0.25) is 4.79 Å². The third-order valence-corrected chi connectivity index (χ3v) is 3.28. The Bertz CT molecular complexity index is 638. The number of benzene rings is 2.